The van der Waals surface area contributed by atoms with Gasteiger partial charge in [0.25, 0.3) is 5.97 Å². The van der Waals surface area contributed by atoms with Crippen LogP contribution in [0.1, 0.15) is 12.5 Å². The Morgan fingerprint density at radius 2 is 1.75 bits per heavy atom. The third-order valence-electron chi connectivity index (χ3n) is 3.69. The lowest BCUT2D eigenvalue weighted by Crippen LogP contribution is -2.29. The summed E-state index contributed by atoms with van der Waals surface area (Å²) in [6.07, 6.45) is 0. The van der Waals surface area contributed by atoms with Gasteiger partial charge in [-0.2, -0.15) is 5.10 Å². The number of aliphatic carboxylic acids is 1. The van der Waals surface area contributed by atoms with Crippen LogP contribution in [0.5, 0.6) is 11.5 Å². The molecule has 9 heteroatoms. The highest BCUT2D eigenvalue weighted by atomic mass is 16.5. The van der Waals surface area contributed by atoms with Crippen molar-refractivity contribution in [3.63, 3.8) is 0 Å². The second-order valence-electron chi connectivity index (χ2n) is 5.63. The van der Waals surface area contributed by atoms with Gasteiger partial charge >= 0.3 is 0 Å². The van der Waals surface area contributed by atoms with Gasteiger partial charge in [-0.3, -0.25) is 15.3 Å². The molecule has 0 aliphatic carbocycles. The third-order valence-corrected chi connectivity index (χ3v) is 3.69. The number of H-pyrrole nitrogens is 1. The SMILES string of the molecule is CC(=O)O.COc1cccc(OC)c1CNC(=N)Nc1n[nH]c2ccccc12. The van der Waals surface area contributed by atoms with Crippen molar-refractivity contribution < 1.29 is 19.4 Å². The molecule has 0 fully saturated rings. The van der Waals surface area contributed by atoms with Crippen molar-refractivity contribution in [1.82, 2.24) is 15.5 Å². The molecule has 0 unspecified atom stereocenters. The number of aromatic nitrogens is 2. The van der Waals surface area contributed by atoms with E-state index in [1.807, 2.05) is 42.5 Å². The van der Waals surface area contributed by atoms with Gasteiger partial charge in [-0.05, 0) is 24.3 Å². The predicted molar refractivity (Wildman–Crippen MR) is 107 cm³/mol. The first-order valence-electron chi connectivity index (χ1n) is 8.38. The number of hydrogen-bond acceptors (Lipinski definition) is 5. The summed E-state index contributed by atoms with van der Waals surface area (Å²) in [6, 6.07) is 13.3. The summed E-state index contributed by atoms with van der Waals surface area (Å²) < 4.78 is 10.7. The molecule has 28 heavy (non-hydrogen) atoms. The van der Waals surface area contributed by atoms with Gasteiger partial charge in [0.15, 0.2) is 11.8 Å². The Bertz CT molecular complexity index is 928. The fraction of sp³-hybridized carbons (Fsp3) is 0.211. The summed E-state index contributed by atoms with van der Waals surface area (Å²) in [4.78, 5) is 9.00. The second-order valence-corrected chi connectivity index (χ2v) is 5.63. The van der Waals surface area contributed by atoms with E-state index in [4.69, 9.17) is 24.8 Å². The van der Waals surface area contributed by atoms with Gasteiger partial charge in [0.2, 0.25) is 0 Å². The number of carbonyl (C=O) groups is 1. The van der Waals surface area contributed by atoms with Crippen LogP contribution in [-0.4, -0.2) is 41.5 Å². The largest absolute Gasteiger partial charge is 0.496 e. The van der Waals surface area contributed by atoms with Crippen molar-refractivity contribution in [2.75, 3.05) is 19.5 Å². The average molecular weight is 385 g/mol. The van der Waals surface area contributed by atoms with Crippen LogP contribution in [0.15, 0.2) is 42.5 Å². The van der Waals surface area contributed by atoms with Crippen LogP contribution in [0, 0.1) is 5.41 Å². The highest BCUT2D eigenvalue weighted by Crippen LogP contribution is 2.28. The smallest absolute Gasteiger partial charge is 0.300 e. The summed E-state index contributed by atoms with van der Waals surface area (Å²) in [5, 5.41) is 29.5. The van der Waals surface area contributed by atoms with Crippen molar-refractivity contribution in [2.24, 2.45) is 0 Å². The van der Waals surface area contributed by atoms with E-state index < -0.39 is 5.97 Å². The zero-order valence-electron chi connectivity index (χ0n) is 15.9. The number of hydrogen-bond donors (Lipinski definition) is 5. The number of nitrogens with zero attached hydrogens (tertiary/aromatic N) is 1. The molecule has 0 atom stereocenters. The first-order chi connectivity index (χ1) is 13.5. The quantitative estimate of drug-likeness (QED) is 0.337. The first-order valence-corrected chi connectivity index (χ1v) is 8.38. The van der Waals surface area contributed by atoms with Crippen LogP contribution >= 0.6 is 0 Å². The van der Waals surface area contributed by atoms with Gasteiger partial charge in [-0.25, -0.2) is 0 Å². The third kappa shape index (κ3) is 5.37. The predicted octanol–water partition coefficient (Wildman–Crippen LogP) is 2.81. The van der Waals surface area contributed by atoms with Crippen molar-refractivity contribution in [2.45, 2.75) is 13.5 Å². The Morgan fingerprint density at radius 1 is 1.14 bits per heavy atom. The molecule has 0 amide bonds. The topological polar surface area (TPSA) is 132 Å². The van der Waals surface area contributed by atoms with Gasteiger partial charge in [-0.1, -0.05) is 18.2 Å². The first kappa shape index (κ1) is 20.6. The Hall–Kier alpha value is -3.75. The molecule has 148 valence electrons. The standard InChI is InChI=1S/C17H19N5O2.C2H4O2/c1-23-14-8-5-9-15(24-2)12(14)10-19-17(18)20-16-11-6-3-4-7-13(11)21-22-16;1-2(3)4/h3-9H,10H2,1-2H3,(H4,18,19,20,21,22);1H3,(H,3,4). The van der Waals surface area contributed by atoms with Crippen molar-refractivity contribution >= 4 is 28.6 Å². The summed E-state index contributed by atoms with van der Waals surface area (Å²) >= 11 is 0. The Balaban J connectivity index is 0.000000640. The second kappa shape index (κ2) is 9.81. The van der Waals surface area contributed by atoms with Gasteiger partial charge in [0.1, 0.15) is 11.5 Å². The molecule has 3 rings (SSSR count). The average Bonchev–Trinajstić information content (AvgIpc) is 3.08. The van der Waals surface area contributed by atoms with Gasteiger partial charge in [0.05, 0.1) is 31.8 Å². The van der Waals surface area contributed by atoms with E-state index in [-0.39, 0.29) is 5.96 Å². The number of aromatic amines is 1. The number of ether oxygens (including phenoxy) is 2. The maximum absolute atomic E-state index is 9.00. The normalized spacial score (nSPS) is 9.82. The highest BCUT2D eigenvalue weighted by molar-refractivity contribution is 5.99. The Labute approximate surface area is 162 Å². The zero-order chi connectivity index (χ0) is 20.5. The van der Waals surface area contributed by atoms with E-state index in [0.29, 0.717) is 23.9 Å². The molecular weight excluding hydrogens is 362 g/mol. The molecule has 9 nitrogen and oxygen atoms in total. The zero-order valence-corrected chi connectivity index (χ0v) is 15.9. The minimum atomic E-state index is -0.833. The molecule has 0 radical (unpaired) electrons. The fourth-order valence-corrected chi connectivity index (χ4v) is 2.50. The highest BCUT2D eigenvalue weighted by Gasteiger charge is 2.11. The summed E-state index contributed by atoms with van der Waals surface area (Å²) in [7, 11) is 3.22. The van der Waals surface area contributed by atoms with Crippen LogP contribution in [0.3, 0.4) is 0 Å². The van der Waals surface area contributed by atoms with E-state index >= 15 is 0 Å². The molecule has 0 bridgehead atoms. The molecule has 0 aliphatic rings. The number of guanidine groups is 1. The van der Waals surface area contributed by atoms with Crippen LogP contribution in [0.2, 0.25) is 0 Å². The van der Waals surface area contributed by atoms with Crippen LogP contribution in [-0.2, 0) is 11.3 Å². The monoisotopic (exact) mass is 385 g/mol. The molecule has 0 saturated heterocycles. The van der Waals surface area contributed by atoms with E-state index in [9.17, 15) is 0 Å². The summed E-state index contributed by atoms with van der Waals surface area (Å²) in [5.74, 6) is 1.33. The number of rotatable bonds is 5. The molecule has 0 saturated carbocycles. The fourth-order valence-electron chi connectivity index (χ4n) is 2.50. The van der Waals surface area contributed by atoms with E-state index in [2.05, 4.69) is 20.8 Å². The molecule has 3 aromatic rings. The summed E-state index contributed by atoms with van der Waals surface area (Å²) in [5.41, 5.74) is 1.76. The molecule has 0 spiro atoms. The maximum Gasteiger partial charge on any atom is 0.300 e. The van der Waals surface area contributed by atoms with Gasteiger partial charge in [-0.15, -0.1) is 0 Å². The lowest BCUT2D eigenvalue weighted by Gasteiger charge is -2.14. The number of methoxy groups -OCH3 is 2. The van der Waals surface area contributed by atoms with Crippen LogP contribution in [0.25, 0.3) is 10.9 Å². The van der Waals surface area contributed by atoms with Crippen molar-refractivity contribution in [3.05, 3.63) is 48.0 Å². The molecular formula is C19H23N5O4. The number of para-hydroxylation sites is 1. The minimum absolute atomic E-state index is 0.139. The number of carboxylic acids is 1. The lowest BCUT2D eigenvalue weighted by molar-refractivity contribution is -0.134. The summed E-state index contributed by atoms with van der Waals surface area (Å²) in [6.45, 7) is 1.47. The van der Waals surface area contributed by atoms with Gasteiger partial charge in [0, 0.05) is 12.3 Å². The molecule has 2 aromatic carbocycles. The van der Waals surface area contributed by atoms with Crippen molar-refractivity contribution in [3.8, 4) is 11.5 Å². The number of anilines is 1. The maximum atomic E-state index is 9.00. The van der Waals surface area contributed by atoms with Crippen molar-refractivity contribution in [1.29, 1.82) is 5.41 Å². The molecule has 1 aromatic heterocycles. The Morgan fingerprint density at radius 3 is 2.36 bits per heavy atom. The van der Waals surface area contributed by atoms with E-state index in [0.717, 1.165) is 23.4 Å². The molecule has 0 aliphatic heterocycles. The van der Waals surface area contributed by atoms with Crippen LogP contribution in [0.4, 0.5) is 5.82 Å². The molecule has 1 heterocycles. The minimum Gasteiger partial charge on any atom is -0.496 e. The van der Waals surface area contributed by atoms with Gasteiger partial charge < -0.3 is 25.2 Å². The van der Waals surface area contributed by atoms with E-state index in [1.165, 1.54) is 0 Å². The number of fused-ring (bicyclic) bond motifs is 1. The van der Waals surface area contributed by atoms with E-state index in [1.54, 1.807) is 14.2 Å². The van der Waals surface area contributed by atoms with Crippen LogP contribution < -0.4 is 20.1 Å². The Kier molecular flexibility index (Phi) is 7.21. The molecule has 5 N–H and O–H groups in total. The lowest BCUT2D eigenvalue weighted by atomic mass is 10.1. The number of benzene rings is 2. The number of nitrogens with one attached hydrogen (secondary N) is 4. The number of carboxylic acid groups (broad SMARTS) is 1.